The van der Waals surface area contributed by atoms with Crippen molar-refractivity contribution in [1.29, 1.82) is 0 Å². The quantitative estimate of drug-likeness (QED) is 0.854. The summed E-state index contributed by atoms with van der Waals surface area (Å²) in [5, 5.41) is 2.79. The molecular formula is C17H23N3O3S. The minimum atomic E-state index is -0.0618. The van der Waals surface area contributed by atoms with Gasteiger partial charge in [-0.05, 0) is 37.8 Å². The van der Waals surface area contributed by atoms with Gasteiger partial charge in [0.25, 0.3) is 0 Å². The number of hydrogen-bond donors (Lipinski definition) is 1. The number of carbonyl (C=O) groups is 2. The van der Waals surface area contributed by atoms with Crippen molar-refractivity contribution in [1.82, 2.24) is 4.98 Å². The lowest BCUT2D eigenvalue weighted by Gasteiger charge is -2.21. The summed E-state index contributed by atoms with van der Waals surface area (Å²) in [6, 6.07) is 3.57. The SMILES string of the molecule is O=C(CSCC1CCCCO1)Nc1ccc(N2CCCC2=O)cn1. The Hall–Kier alpha value is -1.60. The van der Waals surface area contributed by atoms with E-state index >= 15 is 0 Å². The van der Waals surface area contributed by atoms with Crippen LogP contribution in [0.2, 0.25) is 0 Å². The molecule has 2 aliphatic rings. The van der Waals surface area contributed by atoms with Gasteiger partial charge in [0.1, 0.15) is 5.82 Å². The van der Waals surface area contributed by atoms with E-state index in [1.165, 1.54) is 6.42 Å². The summed E-state index contributed by atoms with van der Waals surface area (Å²) in [5.74, 6) is 1.85. The van der Waals surface area contributed by atoms with Crippen LogP contribution in [0.15, 0.2) is 18.3 Å². The van der Waals surface area contributed by atoms with Crippen LogP contribution in [0.5, 0.6) is 0 Å². The van der Waals surface area contributed by atoms with Crippen LogP contribution in [0.4, 0.5) is 11.5 Å². The van der Waals surface area contributed by atoms with Gasteiger partial charge in [-0.2, -0.15) is 0 Å². The third-order valence-electron chi connectivity index (χ3n) is 4.21. The summed E-state index contributed by atoms with van der Waals surface area (Å²) >= 11 is 1.59. The Morgan fingerprint density at radius 1 is 1.38 bits per heavy atom. The molecular weight excluding hydrogens is 326 g/mol. The summed E-state index contributed by atoms with van der Waals surface area (Å²) in [5.41, 5.74) is 0.791. The fraction of sp³-hybridized carbons (Fsp3) is 0.588. The van der Waals surface area contributed by atoms with Crippen molar-refractivity contribution < 1.29 is 14.3 Å². The Balaban J connectivity index is 1.41. The minimum absolute atomic E-state index is 0.0618. The first-order valence-corrected chi connectivity index (χ1v) is 9.63. The maximum atomic E-state index is 12.0. The highest BCUT2D eigenvalue weighted by atomic mass is 32.2. The third kappa shape index (κ3) is 4.70. The number of rotatable bonds is 6. The number of thioether (sulfide) groups is 1. The van der Waals surface area contributed by atoms with E-state index in [1.54, 1.807) is 28.9 Å². The topological polar surface area (TPSA) is 71.5 Å². The molecule has 2 amide bonds. The number of carbonyl (C=O) groups excluding carboxylic acids is 2. The number of hydrogen-bond acceptors (Lipinski definition) is 5. The number of pyridine rings is 1. The normalized spacial score (nSPS) is 21.1. The number of amides is 2. The molecule has 0 aliphatic carbocycles. The minimum Gasteiger partial charge on any atom is -0.377 e. The maximum Gasteiger partial charge on any atom is 0.235 e. The van der Waals surface area contributed by atoms with E-state index in [-0.39, 0.29) is 17.9 Å². The lowest BCUT2D eigenvalue weighted by Crippen LogP contribution is -2.24. The molecule has 0 spiro atoms. The van der Waals surface area contributed by atoms with Gasteiger partial charge in [-0.25, -0.2) is 4.98 Å². The second kappa shape index (κ2) is 8.48. The number of nitrogens with zero attached hydrogens (tertiary/aromatic N) is 2. The van der Waals surface area contributed by atoms with Gasteiger partial charge in [-0.15, -0.1) is 11.8 Å². The van der Waals surface area contributed by atoms with E-state index in [0.717, 1.165) is 43.9 Å². The second-order valence-corrected chi connectivity index (χ2v) is 7.13. The van der Waals surface area contributed by atoms with Crippen molar-refractivity contribution in [3.05, 3.63) is 18.3 Å². The van der Waals surface area contributed by atoms with E-state index in [1.807, 2.05) is 6.07 Å². The summed E-state index contributed by atoms with van der Waals surface area (Å²) < 4.78 is 5.65. The van der Waals surface area contributed by atoms with Gasteiger partial charge < -0.3 is 15.0 Å². The molecule has 0 aromatic carbocycles. The van der Waals surface area contributed by atoms with Crippen LogP contribution < -0.4 is 10.2 Å². The summed E-state index contributed by atoms with van der Waals surface area (Å²) in [7, 11) is 0. The molecule has 7 heteroatoms. The van der Waals surface area contributed by atoms with Gasteiger partial charge in [0.2, 0.25) is 11.8 Å². The molecule has 6 nitrogen and oxygen atoms in total. The van der Waals surface area contributed by atoms with Crippen molar-refractivity contribution in [2.75, 3.05) is 34.9 Å². The number of ether oxygens (including phenoxy) is 1. The van der Waals surface area contributed by atoms with Crippen LogP contribution in [0.1, 0.15) is 32.1 Å². The molecule has 0 saturated carbocycles. The Morgan fingerprint density at radius 2 is 2.29 bits per heavy atom. The van der Waals surface area contributed by atoms with Crippen LogP contribution in [-0.4, -0.2) is 47.6 Å². The number of nitrogens with one attached hydrogen (secondary N) is 1. The van der Waals surface area contributed by atoms with Gasteiger partial charge in [-0.1, -0.05) is 0 Å². The molecule has 2 aliphatic heterocycles. The lowest BCUT2D eigenvalue weighted by molar-refractivity contribution is -0.117. The Morgan fingerprint density at radius 3 is 2.96 bits per heavy atom. The molecule has 0 bridgehead atoms. The Kier molecular flexibility index (Phi) is 6.09. The van der Waals surface area contributed by atoms with Crippen molar-refractivity contribution in [2.45, 2.75) is 38.2 Å². The standard InChI is InChI=1S/C17H23N3O3S/c21-16(12-24-11-14-4-1-2-9-23-14)19-15-7-6-13(10-18-15)20-8-3-5-17(20)22/h6-7,10,14H,1-5,8-9,11-12H2,(H,18,19,21). The molecule has 2 fully saturated rings. The zero-order chi connectivity index (χ0) is 16.8. The molecule has 130 valence electrons. The van der Waals surface area contributed by atoms with Crippen LogP contribution >= 0.6 is 11.8 Å². The number of aromatic nitrogens is 1. The first-order chi connectivity index (χ1) is 11.7. The fourth-order valence-corrected chi connectivity index (χ4v) is 3.84. The van der Waals surface area contributed by atoms with Crippen LogP contribution in [-0.2, 0) is 14.3 Å². The molecule has 1 N–H and O–H groups in total. The first kappa shape index (κ1) is 17.2. The van der Waals surface area contributed by atoms with Crippen molar-refractivity contribution in [2.24, 2.45) is 0 Å². The smallest absolute Gasteiger partial charge is 0.235 e. The van der Waals surface area contributed by atoms with E-state index in [9.17, 15) is 9.59 Å². The second-order valence-electron chi connectivity index (χ2n) is 6.10. The van der Waals surface area contributed by atoms with E-state index in [2.05, 4.69) is 10.3 Å². The van der Waals surface area contributed by atoms with Crippen LogP contribution in [0.25, 0.3) is 0 Å². The molecule has 3 heterocycles. The largest absolute Gasteiger partial charge is 0.377 e. The highest BCUT2D eigenvalue weighted by molar-refractivity contribution is 8.00. The predicted octanol–water partition coefficient (Wildman–Crippen LogP) is 2.45. The van der Waals surface area contributed by atoms with E-state index in [0.29, 0.717) is 18.0 Å². The zero-order valence-corrected chi connectivity index (χ0v) is 14.5. The molecule has 1 aromatic rings. The molecule has 24 heavy (non-hydrogen) atoms. The van der Waals surface area contributed by atoms with Gasteiger partial charge in [-0.3, -0.25) is 9.59 Å². The molecule has 0 radical (unpaired) electrons. The van der Waals surface area contributed by atoms with Crippen molar-refractivity contribution in [3.8, 4) is 0 Å². The third-order valence-corrected chi connectivity index (χ3v) is 5.29. The van der Waals surface area contributed by atoms with Crippen LogP contribution in [0.3, 0.4) is 0 Å². The van der Waals surface area contributed by atoms with Gasteiger partial charge in [0.05, 0.1) is 23.7 Å². The first-order valence-electron chi connectivity index (χ1n) is 8.48. The summed E-state index contributed by atoms with van der Waals surface area (Å²) in [6.07, 6.45) is 6.86. The van der Waals surface area contributed by atoms with Crippen molar-refractivity contribution >= 4 is 35.1 Å². The molecule has 1 aromatic heterocycles. The number of anilines is 2. The maximum absolute atomic E-state index is 12.0. The summed E-state index contributed by atoms with van der Waals surface area (Å²) in [6.45, 7) is 1.58. The molecule has 1 unspecified atom stereocenters. The van der Waals surface area contributed by atoms with E-state index < -0.39 is 0 Å². The van der Waals surface area contributed by atoms with Gasteiger partial charge in [0, 0.05) is 25.3 Å². The predicted molar refractivity (Wildman–Crippen MR) is 95.4 cm³/mol. The highest BCUT2D eigenvalue weighted by Crippen LogP contribution is 2.21. The Labute approximate surface area is 146 Å². The monoisotopic (exact) mass is 349 g/mol. The van der Waals surface area contributed by atoms with Gasteiger partial charge >= 0.3 is 0 Å². The Bertz CT molecular complexity index is 573. The molecule has 1 atom stereocenters. The molecule has 2 saturated heterocycles. The van der Waals surface area contributed by atoms with Crippen molar-refractivity contribution in [3.63, 3.8) is 0 Å². The average Bonchev–Trinajstić information content (AvgIpc) is 3.03. The van der Waals surface area contributed by atoms with E-state index in [4.69, 9.17) is 4.74 Å². The van der Waals surface area contributed by atoms with Crippen LogP contribution in [0, 0.1) is 0 Å². The average molecular weight is 349 g/mol. The zero-order valence-electron chi connectivity index (χ0n) is 13.7. The summed E-state index contributed by atoms with van der Waals surface area (Å²) in [4.78, 5) is 29.6. The fourth-order valence-electron chi connectivity index (χ4n) is 2.94. The van der Waals surface area contributed by atoms with Gasteiger partial charge in [0.15, 0.2) is 0 Å². The lowest BCUT2D eigenvalue weighted by atomic mass is 10.1. The highest BCUT2D eigenvalue weighted by Gasteiger charge is 2.21. The molecule has 3 rings (SSSR count).